The first-order valence-electron chi connectivity index (χ1n) is 16.0. The van der Waals surface area contributed by atoms with Crippen molar-refractivity contribution in [3.8, 4) is 17.2 Å². The maximum Gasteiger partial charge on any atom is 0.308 e. The molecule has 0 aliphatic carbocycles. The summed E-state index contributed by atoms with van der Waals surface area (Å²) < 4.78 is 31.1. The highest BCUT2D eigenvalue weighted by molar-refractivity contribution is 5.95. The van der Waals surface area contributed by atoms with Crippen molar-refractivity contribution in [1.29, 1.82) is 0 Å². The number of rotatable bonds is 14. The highest BCUT2D eigenvalue weighted by Gasteiger charge is 2.48. The number of carbonyl (C=O) groups is 2. The molecule has 2 aliphatic rings. The Hall–Kier alpha value is -4.25. The maximum atomic E-state index is 14.4. The highest BCUT2D eigenvalue weighted by atomic mass is 19.1. The zero-order valence-electron chi connectivity index (χ0n) is 26.9. The van der Waals surface area contributed by atoms with Crippen molar-refractivity contribution in [3.63, 3.8) is 0 Å². The minimum Gasteiger partial charge on any atom is -0.493 e. The van der Waals surface area contributed by atoms with Crippen LogP contribution in [0.4, 0.5) is 10.1 Å². The molecule has 0 bridgehead atoms. The summed E-state index contributed by atoms with van der Waals surface area (Å²) in [6.07, 6.45) is 7.50. The van der Waals surface area contributed by atoms with Gasteiger partial charge in [-0.1, -0.05) is 26.7 Å². The number of ether oxygens (including phenoxy) is 3. The number of hydrogen-bond donors (Lipinski definition) is 1. The van der Waals surface area contributed by atoms with E-state index < -0.39 is 23.8 Å². The Morgan fingerprint density at radius 2 is 1.93 bits per heavy atom. The van der Waals surface area contributed by atoms with E-state index in [2.05, 4.69) is 23.8 Å². The van der Waals surface area contributed by atoms with Crippen molar-refractivity contribution in [2.24, 2.45) is 5.92 Å². The highest BCUT2D eigenvalue weighted by Crippen LogP contribution is 2.47. The van der Waals surface area contributed by atoms with Gasteiger partial charge in [-0.2, -0.15) is 0 Å². The van der Waals surface area contributed by atoms with Gasteiger partial charge in [0.15, 0.2) is 11.5 Å². The Kier molecular flexibility index (Phi) is 10.7. The van der Waals surface area contributed by atoms with Gasteiger partial charge in [-0.25, -0.2) is 14.4 Å². The summed E-state index contributed by atoms with van der Waals surface area (Å²) in [4.78, 5) is 39.7. The zero-order valence-corrected chi connectivity index (χ0v) is 26.9. The number of hydrogen-bond acceptors (Lipinski definition) is 8. The molecule has 0 radical (unpaired) electrons. The molecule has 2 aromatic carbocycles. The van der Waals surface area contributed by atoms with Crippen LogP contribution in [0.2, 0.25) is 0 Å². The van der Waals surface area contributed by atoms with Crippen molar-refractivity contribution in [3.05, 3.63) is 71.6 Å². The molecular formula is C35H43FN4O6. The topological polar surface area (TPSA) is 114 Å². The summed E-state index contributed by atoms with van der Waals surface area (Å²) >= 11 is 0. The molecule has 3 heterocycles. The van der Waals surface area contributed by atoms with Crippen LogP contribution in [0, 0.1) is 18.7 Å². The number of aryl methyl sites for hydroxylation is 2. The largest absolute Gasteiger partial charge is 0.493 e. The molecular weight excluding hydrogens is 591 g/mol. The van der Waals surface area contributed by atoms with Crippen LogP contribution < -0.4 is 19.1 Å². The Bertz CT molecular complexity index is 1520. The van der Waals surface area contributed by atoms with Crippen LogP contribution in [0.1, 0.15) is 68.7 Å². The molecule has 1 amide bonds. The number of amides is 1. The summed E-state index contributed by atoms with van der Waals surface area (Å²) in [7, 11) is 1.54. The SMILES string of the molecule is CCCC(CCC)N(C(=O)CN1C[C@H](c2cc(OC)c3c(c2)OCO3)[C@@H](C(=O)O)[C@@H]1CCc1ccncn1)c1ccc(F)c(C)c1. The third kappa shape index (κ3) is 7.09. The van der Waals surface area contributed by atoms with Crippen LogP contribution in [-0.4, -0.2) is 70.9 Å². The lowest BCUT2D eigenvalue weighted by molar-refractivity contribution is -0.143. The number of benzene rings is 2. The average Bonchev–Trinajstić information content (AvgIpc) is 3.67. The first-order chi connectivity index (χ1) is 22.2. The van der Waals surface area contributed by atoms with Gasteiger partial charge in [-0.3, -0.25) is 14.5 Å². The van der Waals surface area contributed by atoms with Gasteiger partial charge in [0.2, 0.25) is 18.4 Å². The first kappa shape index (κ1) is 33.1. The minimum absolute atomic E-state index is 0.0107. The Balaban J connectivity index is 1.52. The summed E-state index contributed by atoms with van der Waals surface area (Å²) in [5.74, 6) is -1.20. The fourth-order valence-electron chi connectivity index (χ4n) is 6.97. The molecule has 46 heavy (non-hydrogen) atoms. The number of carboxylic acids is 1. The molecule has 1 N–H and O–H groups in total. The standard InChI is InChI=1S/C35H43FN4O6/c1-5-7-25(8-6-2)40(26-10-11-28(36)22(3)15-26)32(41)19-39-18-27(23-16-30(44-4)34-31(17-23)45-21-46-34)33(35(42)43)29(39)12-9-24-13-14-37-20-38-24/h10-11,13-17,20,25,27,29,33H,5-9,12,18-19,21H2,1-4H3,(H,42,43)/t27-,29+,33-/m1/s1. The summed E-state index contributed by atoms with van der Waals surface area (Å²) in [6, 6.07) is 9.71. The van der Waals surface area contributed by atoms with Crippen molar-refractivity contribution < 1.29 is 33.3 Å². The van der Waals surface area contributed by atoms with Crippen LogP contribution in [0.25, 0.3) is 0 Å². The third-order valence-corrected chi connectivity index (χ3v) is 9.12. The zero-order chi connectivity index (χ0) is 32.8. The van der Waals surface area contributed by atoms with Crippen molar-refractivity contribution in [2.75, 3.05) is 31.9 Å². The molecule has 3 aromatic rings. The Morgan fingerprint density at radius 3 is 2.59 bits per heavy atom. The molecule has 11 heteroatoms. The summed E-state index contributed by atoms with van der Waals surface area (Å²) in [5.41, 5.74) is 2.66. The minimum atomic E-state index is -0.940. The van der Waals surface area contributed by atoms with Gasteiger partial charge in [0.25, 0.3) is 0 Å². The smallest absolute Gasteiger partial charge is 0.308 e. The van der Waals surface area contributed by atoms with Crippen LogP contribution in [0.5, 0.6) is 17.2 Å². The Labute approximate surface area is 269 Å². The quantitative estimate of drug-likeness (QED) is 0.236. The predicted molar refractivity (Wildman–Crippen MR) is 171 cm³/mol. The van der Waals surface area contributed by atoms with Crippen LogP contribution >= 0.6 is 0 Å². The molecule has 1 saturated heterocycles. The fourth-order valence-corrected chi connectivity index (χ4v) is 6.97. The van der Waals surface area contributed by atoms with Crippen LogP contribution in [-0.2, 0) is 16.0 Å². The fraction of sp³-hybridized carbons (Fsp3) is 0.486. The summed E-state index contributed by atoms with van der Waals surface area (Å²) in [6.45, 7) is 6.28. The second-order valence-electron chi connectivity index (χ2n) is 12.1. The number of likely N-dealkylation sites (tertiary alicyclic amines) is 1. The molecule has 1 fully saturated rings. The van der Waals surface area contributed by atoms with Crippen molar-refractivity contribution in [1.82, 2.24) is 14.9 Å². The molecule has 0 spiro atoms. The van der Waals surface area contributed by atoms with Gasteiger partial charge < -0.3 is 24.2 Å². The molecule has 0 unspecified atom stereocenters. The van der Waals surface area contributed by atoms with Crippen molar-refractivity contribution >= 4 is 17.6 Å². The first-order valence-corrected chi connectivity index (χ1v) is 16.0. The van der Waals surface area contributed by atoms with Crippen molar-refractivity contribution in [2.45, 2.75) is 77.3 Å². The number of halogens is 1. The molecule has 5 rings (SSSR count). The monoisotopic (exact) mass is 634 g/mol. The second kappa shape index (κ2) is 14.9. The van der Waals surface area contributed by atoms with Gasteiger partial charge >= 0.3 is 5.97 Å². The number of aliphatic carboxylic acids is 1. The van der Waals surface area contributed by atoms with E-state index in [0.717, 1.165) is 36.9 Å². The number of carbonyl (C=O) groups excluding carboxylic acids is 1. The predicted octanol–water partition coefficient (Wildman–Crippen LogP) is 5.76. The number of anilines is 1. The van der Waals surface area contributed by atoms with E-state index in [-0.39, 0.29) is 31.1 Å². The number of fused-ring (bicyclic) bond motifs is 1. The number of nitrogens with zero attached hydrogens (tertiary/aromatic N) is 4. The van der Waals surface area contributed by atoms with E-state index >= 15 is 0 Å². The molecule has 2 aliphatic heterocycles. The normalized spacial score (nSPS) is 19.0. The lowest BCUT2D eigenvalue weighted by atomic mass is 9.83. The number of aromatic nitrogens is 2. The lowest BCUT2D eigenvalue weighted by Crippen LogP contribution is -2.48. The van der Waals surface area contributed by atoms with Crippen LogP contribution in [0.15, 0.2) is 48.9 Å². The number of methoxy groups -OCH3 is 1. The van der Waals surface area contributed by atoms with Gasteiger partial charge in [-0.15, -0.1) is 0 Å². The van der Waals surface area contributed by atoms with E-state index in [4.69, 9.17) is 14.2 Å². The molecule has 3 atom stereocenters. The molecule has 10 nitrogen and oxygen atoms in total. The molecule has 246 valence electrons. The van der Waals surface area contributed by atoms with E-state index in [1.165, 1.54) is 19.5 Å². The Morgan fingerprint density at radius 1 is 1.15 bits per heavy atom. The summed E-state index contributed by atoms with van der Waals surface area (Å²) in [5, 5.41) is 10.7. The van der Waals surface area contributed by atoms with E-state index in [9.17, 15) is 19.1 Å². The maximum absolute atomic E-state index is 14.4. The molecule has 1 aromatic heterocycles. The lowest BCUT2D eigenvalue weighted by Gasteiger charge is -2.35. The second-order valence-corrected chi connectivity index (χ2v) is 12.1. The number of carboxylic acid groups (broad SMARTS) is 1. The third-order valence-electron chi connectivity index (χ3n) is 9.12. The molecule has 0 saturated carbocycles. The average molecular weight is 635 g/mol. The van der Waals surface area contributed by atoms with Gasteiger partial charge in [0.1, 0.15) is 12.1 Å². The van der Waals surface area contributed by atoms with Gasteiger partial charge in [0, 0.05) is 42.1 Å². The van der Waals surface area contributed by atoms with Gasteiger partial charge in [0.05, 0.1) is 19.6 Å². The van der Waals surface area contributed by atoms with Crippen LogP contribution in [0.3, 0.4) is 0 Å². The van der Waals surface area contributed by atoms with Gasteiger partial charge in [-0.05, 0) is 80.1 Å². The van der Waals surface area contributed by atoms with E-state index in [1.807, 2.05) is 28.0 Å². The van der Waals surface area contributed by atoms with E-state index in [1.54, 1.807) is 25.3 Å². The van der Waals surface area contributed by atoms with E-state index in [0.29, 0.717) is 47.9 Å².